The summed E-state index contributed by atoms with van der Waals surface area (Å²) >= 11 is 0. The highest BCUT2D eigenvalue weighted by molar-refractivity contribution is 5.11. The van der Waals surface area contributed by atoms with Crippen molar-refractivity contribution in [2.45, 2.75) is 58.2 Å². The second kappa shape index (κ2) is 4.66. The van der Waals surface area contributed by atoms with E-state index in [1.807, 2.05) is 0 Å². The molecule has 3 fully saturated rings. The molecule has 0 radical (unpaired) electrons. The van der Waals surface area contributed by atoms with Crippen molar-refractivity contribution in [3.8, 4) is 0 Å². The third-order valence-corrected chi connectivity index (χ3v) is 6.17. The van der Waals surface area contributed by atoms with Gasteiger partial charge in [-0.1, -0.05) is 6.42 Å². The van der Waals surface area contributed by atoms with Gasteiger partial charge in [-0.2, -0.15) is 0 Å². The molecular weight excluding hydrogens is 232 g/mol. The van der Waals surface area contributed by atoms with Crippen LogP contribution in [0.15, 0.2) is 18.5 Å². The largest absolute Gasteiger partial charge is 0.354 e. The van der Waals surface area contributed by atoms with E-state index in [1.54, 1.807) is 0 Å². The van der Waals surface area contributed by atoms with E-state index in [9.17, 15) is 0 Å². The highest BCUT2D eigenvalue weighted by atomic mass is 15.0. The molecule has 2 heteroatoms. The van der Waals surface area contributed by atoms with Crippen LogP contribution in [0.5, 0.6) is 0 Å². The summed E-state index contributed by atoms with van der Waals surface area (Å²) in [6, 6.07) is 3.08. The number of aryl methyl sites for hydroxylation is 1. The average molecular weight is 258 g/mol. The lowest BCUT2D eigenvalue weighted by Gasteiger charge is -2.32. The number of fused-ring (bicyclic) bond motifs is 5. The van der Waals surface area contributed by atoms with Crippen molar-refractivity contribution < 1.29 is 0 Å². The van der Waals surface area contributed by atoms with Crippen LogP contribution < -0.4 is 5.32 Å². The Labute approximate surface area is 116 Å². The smallest absolute Gasteiger partial charge is 0.0223 e. The number of nitrogens with one attached hydrogen (secondary N) is 1. The van der Waals surface area contributed by atoms with E-state index in [1.165, 1.54) is 37.7 Å². The van der Waals surface area contributed by atoms with Gasteiger partial charge in [0.2, 0.25) is 0 Å². The van der Waals surface area contributed by atoms with Crippen LogP contribution in [0.3, 0.4) is 0 Å². The molecule has 0 spiro atoms. The summed E-state index contributed by atoms with van der Waals surface area (Å²) in [5.41, 5.74) is 1.45. The molecule has 5 atom stereocenters. The molecule has 1 aromatic heterocycles. The van der Waals surface area contributed by atoms with Gasteiger partial charge in [0, 0.05) is 31.5 Å². The first kappa shape index (κ1) is 12.0. The molecule has 1 N–H and O–H groups in total. The van der Waals surface area contributed by atoms with Gasteiger partial charge in [-0.3, -0.25) is 0 Å². The van der Waals surface area contributed by atoms with Gasteiger partial charge < -0.3 is 9.88 Å². The van der Waals surface area contributed by atoms with Crippen LogP contribution in [0.4, 0.5) is 0 Å². The molecule has 5 unspecified atom stereocenters. The zero-order valence-corrected chi connectivity index (χ0v) is 12.0. The lowest BCUT2D eigenvalue weighted by Crippen LogP contribution is -2.38. The molecule has 3 aliphatic rings. The summed E-state index contributed by atoms with van der Waals surface area (Å²) in [4.78, 5) is 0. The van der Waals surface area contributed by atoms with Gasteiger partial charge in [-0.15, -0.1) is 0 Å². The quantitative estimate of drug-likeness (QED) is 0.875. The predicted octanol–water partition coefficient (Wildman–Crippen LogP) is 3.42. The molecule has 19 heavy (non-hydrogen) atoms. The van der Waals surface area contributed by atoms with Gasteiger partial charge in [-0.25, -0.2) is 0 Å². The summed E-state index contributed by atoms with van der Waals surface area (Å²) in [6.07, 6.45) is 12.1. The zero-order chi connectivity index (χ0) is 12.8. The van der Waals surface area contributed by atoms with E-state index in [-0.39, 0.29) is 0 Å². The molecule has 0 aromatic carbocycles. The fourth-order valence-corrected chi connectivity index (χ4v) is 5.34. The first-order valence-electron chi connectivity index (χ1n) is 8.23. The normalized spacial score (nSPS) is 39.9. The SMILES string of the molecule is CCn1ccc(CNC2CC3CC2C2CCCC32)c1. The molecule has 0 amide bonds. The lowest BCUT2D eigenvalue weighted by atomic mass is 9.79. The molecule has 3 saturated carbocycles. The Morgan fingerprint density at radius 3 is 2.95 bits per heavy atom. The van der Waals surface area contributed by atoms with Crippen LogP contribution in [0.2, 0.25) is 0 Å². The molecule has 0 aliphatic heterocycles. The van der Waals surface area contributed by atoms with Crippen LogP contribution in [-0.4, -0.2) is 10.6 Å². The van der Waals surface area contributed by atoms with E-state index in [0.717, 1.165) is 42.8 Å². The zero-order valence-electron chi connectivity index (χ0n) is 12.0. The maximum Gasteiger partial charge on any atom is 0.0223 e. The van der Waals surface area contributed by atoms with Gasteiger partial charge >= 0.3 is 0 Å². The van der Waals surface area contributed by atoms with E-state index in [4.69, 9.17) is 0 Å². The van der Waals surface area contributed by atoms with Crippen molar-refractivity contribution in [2.24, 2.45) is 23.7 Å². The Kier molecular flexibility index (Phi) is 2.95. The number of nitrogens with zero attached hydrogens (tertiary/aromatic N) is 1. The first-order valence-corrected chi connectivity index (χ1v) is 8.23. The van der Waals surface area contributed by atoms with Crippen molar-refractivity contribution in [1.29, 1.82) is 0 Å². The van der Waals surface area contributed by atoms with E-state index in [0.29, 0.717) is 0 Å². The number of hydrogen-bond donors (Lipinski definition) is 1. The minimum atomic E-state index is 0.814. The van der Waals surface area contributed by atoms with Crippen molar-refractivity contribution in [3.05, 3.63) is 24.0 Å². The molecule has 1 aromatic rings. The number of hydrogen-bond acceptors (Lipinski definition) is 1. The monoisotopic (exact) mass is 258 g/mol. The lowest BCUT2D eigenvalue weighted by molar-refractivity contribution is 0.208. The van der Waals surface area contributed by atoms with E-state index < -0.39 is 0 Å². The molecule has 3 aliphatic carbocycles. The summed E-state index contributed by atoms with van der Waals surface area (Å²) in [5.74, 6) is 4.27. The van der Waals surface area contributed by atoms with Crippen molar-refractivity contribution in [3.63, 3.8) is 0 Å². The van der Waals surface area contributed by atoms with Crippen molar-refractivity contribution in [2.75, 3.05) is 0 Å². The molecule has 4 rings (SSSR count). The number of aromatic nitrogens is 1. The standard InChI is InChI=1S/C17H26N2/c1-2-19-7-6-12(11-19)10-18-17-9-13-8-16(17)15-5-3-4-14(13)15/h6-7,11,13-18H,2-5,8-10H2,1H3. The Morgan fingerprint density at radius 2 is 2.11 bits per heavy atom. The van der Waals surface area contributed by atoms with Crippen LogP contribution in [-0.2, 0) is 13.1 Å². The summed E-state index contributed by atoms with van der Waals surface area (Å²) in [7, 11) is 0. The second-order valence-electron chi connectivity index (χ2n) is 6.99. The van der Waals surface area contributed by atoms with Gasteiger partial charge in [0.25, 0.3) is 0 Å². The minimum absolute atomic E-state index is 0.814. The second-order valence-corrected chi connectivity index (χ2v) is 6.99. The van der Waals surface area contributed by atoms with E-state index >= 15 is 0 Å². The molecule has 2 nitrogen and oxygen atoms in total. The average Bonchev–Trinajstić information content (AvgIpc) is 3.16. The maximum absolute atomic E-state index is 3.87. The van der Waals surface area contributed by atoms with Gasteiger partial charge in [0.1, 0.15) is 0 Å². The van der Waals surface area contributed by atoms with E-state index in [2.05, 4.69) is 35.3 Å². The molecular formula is C17H26N2. The van der Waals surface area contributed by atoms with Gasteiger partial charge in [-0.05, 0) is 67.9 Å². The topological polar surface area (TPSA) is 17.0 Å². The third-order valence-electron chi connectivity index (χ3n) is 6.17. The van der Waals surface area contributed by atoms with Crippen LogP contribution in [0.25, 0.3) is 0 Å². The Morgan fingerprint density at radius 1 is 1.21 bits per heavy atom. The van der Waals surface area contributed by atoms with Gasteiger partial charge in [0.05, 0.1) is 0 Å². The molecule has 0 saturated heterocycles. The highest BCUT2D eigenvalue weighted by Crippen LogP contribution is 2.58. The summed E-state index contributed by atoms with van der Waals surface area (Å²) in [5, 5.41) is 3.87. The first-order chi connectivity index (χ1) is 9.35. The Balaban J connectivity index is 1.37. The van der Waals surface area contributed by atoms with Crippen LogP contribution in [0.1, 0.15) is 44.6 Å². The van der Waals surface area contributed by atoms with Crippen LogP contribution in [0, 0.1) is 23.7 Å². The predicted molar refractivity (Wildman–Crippen MR) is 77.8 cm³/mol. The van der Waals surface area contributed by atoms with Gasteiger partial charge in [0.15, 0.2) is 0 Å². The third kappa shape index (κ3) is 1.96. The summed E-state index contributed by atoms with van der Waals surface area (Å²) in [6.45, 7) is 4.35. The molecule has 2 bridgehead atoms. The fourth-order valence-electron chi connectivity index (χ4n) is 5.34. The minimum Gasteiger partial charge on any atom is -0.354 e. The maximum atomic E-state index is 3.87. The summed E-state index contributed by atoms with van der Waals surface area (Å²) < 4.78 is 2.27. The van der Waals surface area contributed by atoms with Crippen molar-refractivity contribution >= 4 is 0 Å². The Hall–Kier alpha value is -0.760. The van der Waals surface area contributed by atoms with Crippen molar-refractivity contribution in [1.82, 2.24) is 9.88 Å². The molecule has 1 heterocycles. The highest BCUT2D eigenvalue weighted by Gasteiger charge is 2.53. The number of rotatable bonds is 4. The fraction of sp³-hybridized carbons (Fsp3) is 0.765. The Bertz CT molecular complexity index is 450. The molecule has 104 valence electrons. The van der Waals surface area contributed by atoms with Crippen LogP contribution >= 0.6 is 0 Å².